The van der Waals surface area contributed by atoms with Crippen LogP contribution in [0.1, 0.15) is 226 Å². The third-order valence-corrected chi connectivity index (χ3v) is 14.0. The van der Waals surface area contributed by atoms with Gasteiger partial charge in [-0.25, -0.2) is 0 Å². The molecule has 14 heteroatoms. The Morgan fingerprint density at radius 1 is 0.493 bits per heavy atom. The predicted octanol–water partition coefficient (Wildman–Crippen LogP) is 9.05. The zero-order valence-corrected chi connectivity index (χ0v) is 44.5. The molecule has 2 rings (SSSR count). The molecule has 71 heavy (non-hydrogen) atoms. The van der Waals surface area contributed by atoms with Crippen LogP contribution in [0.25, 0.3) is 0 Å². The molecule has 2 fully saturated rings. The van der Waals surface area contributed by atoms with Gasteiger partial charge in [-0.2, -0.15) is 0 Å². The van der Waals surface area contributed by atoms with Crippen LogP contribution in [0.2, 0.25) is 0 Å². The van der Waals surface area contributed by atoms with Gasteiger partial charge >= 0.3 is 0 Å². The molecule has 0 aromatic heterocycles. The number of carbonyl (C=O) groups excluding carboxylic acids is 1. The Hall–Kier alpha value is -1.79. The number of ether oxygens (including phenoxy) is 4. The van der Waals surface area contributed by atoms with Gasteiger partial charge in [0.25, 0.3) is 0 Å². The van der Waals surface area contributed by atoms with Crippen LogP contribution in [-0.4, -0.2) is 140 Å². The van der Waals surface area contributed by atoms with Gasteiger partial charge in [0, 0.05) is 6.42 Å². The Bertz CT molecular complexity index is 1330. The summed E-state index contributed by atoms with van der Waals surface area (Å²) < 4.78 is 22.7. The molecule has 0 bridgehead atoms. The average Bonchev–Trinajstić information content (AvgIpc) is 3.37. The smallest absolute Gasteiger partial charge is 0.220 e. The number of hydrogen-bond acceptors (Lipinski definition) is 13. The van der Waals surface area contributed by atoms with Crippen molar-refractivity contribution in [2.75, 3.05) is 19.8 Å². The number of aliphatic hydroxyl groups excluding tert-OH is 8. The highest BCUT2D eigenvalue weighted by molar-refractivity contribution is 5.76. The normalized spacial score (nSPS) is 26.0. The molecule has 0 aromatic carbocycles. The Balaban J connectivity index is 1.81. The lowest BCUT2D eigenvalue weighted by molar-refractivity contribution is -0.359. The van der Waals surface area contributed by atoms with Crippen LogP contribution in [0.5, 0.6) is 0 Å². The largest absolute Gasteiger partial charge is 0.394 e. The van der Waals surface area contributed by atoms with Crippen LogP contribution in [0.3, 0.4) is 0 Å². The van der Waals surface area contributed by atoms with E-state index in [1.165, 1.54) is 141 Å². The molecule has 2 saturated heterocycles. The van der Waals surface area contributed by atoms with Gasteiger partial charge in [0.2, 0.25) is 5.91 Å². The molecule has 2 aliphatic heterocycles. The fourth-order valence-electron chi connectivity index (χ4n) is 9.36. The molecule has 0 radical (unpaired) electrons. The molecule has 0 saturated carbocycles. The second-order valence-corrected chi connectivity index (χ2v) is 20.4. The van der Waals surface area contributed by atoms with Gasteiger partial charge in [0.1, 0.15) is 48.8 Å². The van der Waals surface area contributed by atoms with E-state index in [0.29, 0.717) is 12.8 Å². The van der Waals surface area contributed by atoms with Crippen LogP contribution in [0.15, 0.2) is 36.5 Å². The van der Waals surface area contributed by atoms with Gasteiger partial charge in [-0.1, -0.05) is 198 Å². The molecule has 0 spiro atoms. The van der Waals surface area contributed by atoms with E-state index in [9.17, 15) is 45.6 Å². The van der Waals surface area contributed by atoms with Crippen molar-refractivity contribution in [3.8, 4) is 0 Å². The minimum absolute atomic E-state index is 0.257. The summed E-state index contributed by atoms with van der Waals surface area (Å²) >= 11 is 0. The summed E-state index contributed by atoms with van der Waals surface area (Å²) in [5, 5.41) is 86.9. The first-order valence-electron chi connectivity index (χ1n) is 28.7. The average molecular weight is 1010 g/mol. The van der Waals surface area contributed by atoms with E-state index in [1.807, 2.05) is 6.08 Å². The zero-order chi connectivity index (χ0) is 51.7. The van der Waals surface area contributed by atoms with E-state index in [0.717, 1.165) is 51.4 Å². The molecular weight excluding hydrogens is 907 g/mol. The zero-order valence-electron chi connectivity index (χ0n) is 44.5. The maximum atomic E-state index is 13.2. The molecular formula is C57H105NO13. The number of aliphatic hydroxyl groups is 8. The lowest BCUT2D eigenvalue weighted by atomic mass is 9.97. The van der Waals surface area contributed by atoms with Gasteiger partial charge in [-0.05, 0) is 57.8 Å². The third-order valence-electron chi connectivity index (χ3n) is 14.0. The molecule has 2 aliphatic rings. The summed E-state index contributed by atoms with van der Waals surface area (Å²) in [4.78, 5) is 13.2. The third kappa shape index (κ3) is 29.8. The maximum Gasteiger partial charge on any atom is 0.220 e. The van der Waals surface area contributed by atoms with E-state index in [-0.39, 0.29) is 18.9 Å². The van der Waals surface area contributed by atoms with Gasteiger partial charge in [0.05, 0.1) is 32.0 Å². The van der Waals surface area contributed by atoms with Crippen molar-refractivity contribution in [3.05, 3.63) is 36.5 Å². The van der Waals surface area contributed by atoms with Crippen molar-refractivity contribution in [1.82, 2.24) is 5.32 Å². The minimum atomic E-state index is -1.79. The summed E-state index contributed by atoms with van der Waals surface area (Å²) in [5.74, 6) is -0.257. The second-order valence-electron chi connectivity index (χ2n) is 20.4. The number of hydrogen-bond donors (Lipinski definition) is 9. The topological polar surface area (TPSA) is 228 Å². The standard InChI is InChI=1S/C57H105NO13/c1-3-5-7-9-11-13-15-17-19-20-21-22-23-24-25-27-28-30-32-34-36-38-40-46(61)45(58-49(62)41-39-37-35-33-31-29-26-18-16-14-12-10-8-6-4-2)44-68-56-54(67)52(65)55(48(43-60)70-56)71-57-53(66)51(64)50(63)47(42-59)69-57/h18,26,30,32,38,40,45-48,50-57,59-61,63-67H,3-17,19-25,27-29,31,33-37,39,41-44H2,1-2H3,(H,58,62)/b26-18-,32-30+,40-38+. The van der Waals surface area contributed by atoms with Crippen molar-refractivity contribution in [2.24, 2.45) is 0 Å². The van der Waals surface area contributed by atoms with Crippen molar-refractivity contribution < 1.29 is 64.6 Å². The van der Waals surface area contributed by atoms with E-state index >= 15 is 0 Å². The highest BCUT2D eigenvalue weighted by atomic mass is 16.7. The fourth-order valence-corrected chi connectivity index (χ4v) is 9.36. The summed E-state index contributed by atoms with van der Waals surface area (Å²) in [7, 11) is 0. The molecule has 1 amide bonds. The molecule has 12 unspecified atom stereocenters. The highest BCUT2D eigenvalue weighted by Gasteiger charge is 2.51. The van der Waals surface area contributed by atoms with Crippen LogP contribution in [0.4, 0.5) is 0 Å². The number of carbonyl (C=O) groups is 1. The number of rotatable bonds is 45. The lowest BCUT2D eigenvalue weighted by Crippen LogP contribution is -2.65. The molecule has 9 N–H and O–H groups in total. The summed E-state index contributed by atoms with van der Waals surface area (Å²) in [5.41, 5.74) is 0. The Morgan fingerprint density at radius 2 is 0.901 bits per heavy atom. The van der Waals surface area contributed by atoms with E-state index in [2.05, 4.69) is 43.5 Å². The van der Waals surface area contributed by atoms with Gasteiger partial charge in [0.15, 0.2) is 12.6 Å². The summed E-state index contributed by atoms with van der Waals surface area (Å²) in [6.45, 7) is 2.77. The van der Waals surface area contributed by atoms with Crippen LogP contribution in [0, 0.1) is 0 Å². The number of unbranched alkanes of at least 4 members (excludes halogenated alkanes) is 28. The summed E-state index contributed by atoms with van der Waals surface area (Å²) in [6, 6.07) is -0.934. The monoisotopic (exact) mass is 1010 g/mol. The SMILES string of the molecule is CCCCCCCC/C=C\CCCCCCCC(=O)NC(COC1OC(CO)C(OC2OC(CO)C(O)C(O)C2O)C(O)C1O)C(O)/C=C/CC/C=C/CCCCCCCCCCCCCCCCCC. The van der Waals surface area contributed by atoms with Gasteiger partial charge in [-0.15, -0.1) is 0 Å². The first kappa shape index (κ1) is 65.3. The Kier molecular flexibility index (Phi) is 40.0. The van der Waals surface area contributed by atoms with Gasteiger partial charge < -0.3 is 65.1 Å². The van der Waals surface area contributed by atoms with Crippen molar-refractivity contribution in [2.45, 2.75) is 299 Å². The maximum absolute atomic E-state index is 13.2. The Morgan fingerprint density at radius 3 is 1.38 bits per heavy atom. The molecule has 12 atom stereocenters. The minimum Gasteiger partial charge on any atom is -0.394 e. The molecule has 0 aliphatic carbocycles. The quantitative estimate of drug-likeness (QED) is 0.0205. The fraction of sp³-hybridized carbons (Fsp3) is 0.877. The number of allylic oxidation sites excluding steroid dienone is 5. The Labute approximate surface area is 430 Å². The van der Waals surface area contributed by atoms with Crippen molar-refractivity contribution in [1.29, 1.82) is 0 Å². The van der Waals surface area contributed by atoms with Crippen LogP contribution >= 0.6 is 0 Å². The van der Waals surface area contributed by atoms with Gasteiger partial charge in [-0.3, -0.25) is 4.79 Å². The van der Waals surface area contributed by atoms with Crippen LogP contribution < -0.4 is 5.32 Å². The molecule has 0 aromatic rings. The number of nitrogens with one attached hydrogen (secondary N) is 1. The molecule has 416 valence electrons. The van der Waals surface area contributed by atoms with E-state index < -0.39 is 86.8 Å². The predicted molar refractivity (Wildman–Crippen MR) is 281 cm³/mol. The highest BCUT2D eigenvalue weighted by Crippen LogP contribution is 2.30. The van der Waals surface area contributed by atoms with Crippen LogP contribution in [-0.2, 0) is 23.7 Å². The first-order valence-corrected chi connectivity index (χ1v) is 28.7. The van der Waals surface area contributed by atoms with E-state index in [4.69, 9.17) is 18.9 Å². The lowest BCUT2D eigenvalue weighted by Gasteiger charge is -2.46. The second kappa shape index (κ2) is 43.4. The van der Waals surface area contributed by atoms with E-state index in [1.54, 1.807) is 6.08 Å². The summed E-state index contributed by atoms with van der Waals surface area (Å²) in [6.07, 6.45) is 34.7. The van der Waals surface area contributed by atoms with Crippen molar-refractivity contribution in [3.63, 3.8) is 0 Å². The van der Waals surface area contributed by atoms with Crippen molar-refractivity contribution >= 4 is 5.91 Å². The number of amides is 1. The molecule has 2 heterocycles. The first-order chi connectivity index (χ1) is 34.6. The molecule has 14 nitrogen and oxygen atoms in total.